The molecule has 1 N–H and O–H groups in total. The molecule has 0 saturated carbocycles. The Bertz CT molecular complexity index is 356. The number of piperidine rings is 1. The van der Waals surface area contributed by atoms with Crippen LogP contribution in [-0.4, -0.2) is 19.2 Å². The number of rotatable bonds is 5. The molecule has 0 aliphatic carbocycles. The van der Waals surface area contributed by atoms with Crippen molar-refractivity contribution in [1.29, 1.82) is 0 Å². The van der Waals surface area contributed by atoms with Gasteiger partial charge in [0, 0.05) is 6.04 Å². The van der Waals surface area contributed by atoms with Gasteiger partial charge < -0.3 is 10.1 Å². The zero-order chi connectivity index (χ0) is 12.8. The van der Waals surface area contributed by atoms with Crippen molar-refractivity contribution >= 4 is 0 Å². The Morgan fingerprint density at radius 2 is 2.11 bits per heavy atom. The van der Waals surface area contributed by atoms with Crippen LogP contribution in [0.2, 0.25) is 0 Å². The maximum atomic E-state index is 5.82. The van der Waals surface area contributed by atoms with Crippen molar-refractivity contribution in [2.75, 3.05) is 13.2 Å². The summed E-state index contributed by atoms with van der Waals surface area (Å²) in [6.45, 7) is 6.43. The molecule has 0 aromatic heterocycles. The molecule has 2 unspecified atom stereocenters. The van der Waals surface area contributed by atoms with E-state index in [1.165, 1.54) is 18.4 Å². The van der Waals surface area contributed by atoms with Gasteiger partial charge in [-0.3, -0.25) is 0 Å². The fourth-order valence-electron chi connectivity index (χ4n) is 2.52. The molecule has 1 heterocycles. The van der Waals surface area contributed by atoms with Gasteiger partial charge in [0.15, 0.2) is 0 Å². The maximum Gasteiger partial charge on any atom is 0.122 e. The molecular formula is C16H25NO. The first kappa shape index (κ1) is 13.4. The summed E-state index contributed by atoms with van der Waals surface area (Å²) in [5.74, 6) is 1.90. The molecule has 100 valence electrons. The number of hydrogen-bond donors (Lipinski definition) is 1. The highest BCUT2D eigenvalue weighted by atomic mass is 16.5. The van der Waals surface area contributed by atoms with Crippen molar-refractivity contribution in [1.82, 2.24) is 5.32 Å². The molecule has 1 aliphatic heterocycles. The smallest absolute Gasteiger partial charge is 0.122 e. The van der Waals surface area contributed by atoms with E-state index in [4.69, 9.17) is 4.74 Å². The lowest BCUT2D eigenvalue weighted by Crippen LogP contribution is -2.39. The van der Waals surface area contributed by atoms with Crippen molar-refractivity contribution in [2.45, 2.75) is 45.6 Å². The van der Waals surface area contributed by atoms with Crippen LogP contribution in [0.1, 0.15) is 38.7 Å². The van der Waals surface area contributed by atoms with Crippen molar-refractivity contribution in [2.24, 2.45) is 5.92 Å². The molecule has 1 aromatic rings. The lowest BCUT2D eigenvalue weighted by Gasteiger charge is -2.28. The molecule has 1 aliphatic rings. The lowest BCUT2D eigenvalue weighted by atomic mass is 9.92. The first-order chi connectivity index (χ1) is 8.79. The van der Waals surface area contributed by atoms with E-state index in [1.54, 1.807) is 0 Å². The Labute approximate surface area is 111 Å². The van der Waals surface area contributed by atoms with Gasteiger partial charge in [-0.1, -0.05) is 32.0 Å². The minimum Gasteiger partial charge on any atom is -0.493 e. The highest BCUT2D eigenvalue weighted by Gasteiger charge is 2.18. The van der Waals surface area contributed by atoms with Crippen LogP contribution in [0.3, 0.4) is 0 Å². The average Bonchev–Trinajstić information content (AvgIpc) is 2.40. The number of nitrogens with one attached hydrogen (secondary N) is 1. The Balaban J connectivity index is 1.95. The Kier molecular flexibility index (Phi) is 5.06. The highest BCUT2D eigenvalue weighted by Crippen LogP contribution is 2.23. The first-order valence-corrected chi connectivity index (χ1v) is 7.23. The van der Waals surface area contributed by atoms with Crippen LogP contribution in [0.15, 0.2) is 24.3 Å². The van der Waals surface area contributed by atoms with Gasteiger partial charge in [0.1, 0.15) is 5.75 Å². The molecule has 18 heavy (non-hydrogen) atoms. The standard InChI is InChI=1S/C16H25NO/c1-3-10-18-16-7-5-4-6-14(16)11-15-9-8-13(2)12-17-15/h4-7,13,15,17H,3,8-12H2,1-2H3. The molecule has 1 saturated heterocycles. The molecule has 2 heteroatoms. The van der Waals surface area contributed by atoms with Crippen LogP contribution >= 0.6 is 0 Å². The van der Waals surface area contributed by atoms with E-state index in [2.05, 4.69) is 43.4 Å². The van der Waals surface area contributed by atoms with Crippen molar-refractivity contribution < 1.29 is 4.74 Å². The average molecular weight is 247 g/mol. The summed E-state index contributed by atoms with van der Waals surface area (Å²) >= 11 is 0. The molecular weight excluding hydrogens is 222 g/mol. The minimum atomic E-state index is 0.618. The van der Waals surface area contributed by atoms with E-state index in [9.17, 15) is 0 Å². The lowest BCUT2D eigenvalue weighted by molar-refractivity contribution is 0.303. The van der Waals surface area contributed by atoms with E-state index in [-0.39, 0.29) is 0 Å². The summed E-state index contributed by atoms with van der Waals surface area (Å²) in [4.78, 5) is 0. The summed E-state index contributed by atoms with van der Waals surface area (Å²) < 4.78 is 5.82. The molecule has 0 bridgehead atoms. The Morgan fingerprint density at radius 1 is 1.28 bits per heavy atom. The van der Waals surface area contributed by atoms with Crippen LogP contribution in [0.4, 0.5) is 0 Å². The van der Waals surface area contributed by atoms with E-state index in [0.29, 0.717) is 6.04 Å². The van der Waals surface area contributed by atoms with Gasteiger partial charge in [-0.2, -0.15) is 0 Å². The summed E-state index contributed by atoms with van der Waals surface area (Å²) in [5.41, 5.74) is 1.35. The molecule has 2 atom stereocenters. The molecule has 2 nitrogen and oxygen atoms in total. The van der Waals surface area contributed by atoms with Crippen molar-refractivity contribution in [3.63, 3.8) is 0 Å². The van der Waals surface area contributed by atoms with Crippen molar-refractivity contribution in [3.8, 4) is 5.75 Å². The molecule has 1 fully saturated rings. The van der Waals surface area contributed by atoms with Gasteiger partial charge in [0.2, 0.25) is 0 Å². The van der Waals surface area contributed by atoms with Gasteiger partial charge in [-0.05, 0) is 49.8 Å². The normalized spacial score (nSPS) is 23.9. The second-order valence-corrected chi connectivity index (χ2v) is 5.45. The molecule has 0 amide bonds. The third-order valence-corrected chi connectivity index (χ3v) is 3.66. The minimum absolute atomic E-state index is 0.618. The maximum absolute atomic E-state index is 5.82. The largest absolute Gasteiger partial charge is 0.493 e. The number of hydrogen-bond acceptors (Lipinski definition) is 2. The first-order valence-electron chi connectivity index (χ1n) is 7.23. The fourth-order valence-corrected chi connectivity index (χ4v) is 2.52. The second-order valence-electron chi connectivity index (χ2n) is 5.45. The summed E-state index contributed by atoms with van der Waals surface area (Å²) in [6.07, 6.45) is 4.78. The van der Waals surface area contributed by atoms with Crippen LogP contribution in [-0.2, 0) is 6.42 Å². The monoisotopic (exact) mass is 247 g/mol. The number of benzene rings is 1. The molecule has 2 rings (SSSR count). The zero-order valence-electron chi connectivity index (χ0n) is 11.6. The van der Waals surface area contributed by atoms with Gasteiger partial charge in [0.25, 0.3) is 0 Å². The van der Waals surface area contributed by atoms with Crippen LogP contribution in [0.5, 0.6) is 5.75 Å². The number of ether oxygens (including phenoxy) is 1. The SMILES string of the molecule is CCCOc1ccccc1CC1CCC(C)CN1. The topological polar surface area (TPSA) is 21.3 Å². The fraction of sp³-hybridized carbons (Fsp3) is 0.625. The summed E-state index contributed by atoms with van der Waals surface area (Å²) in [5, 5.41) is 3.65. The van der Waals surface area contributed by atoms with Crippen LogP contribution in [0, 0.1) is 5.92 Å². The molecule has 1 aromatic carbocycles. The van der Waals surface area contributed by atoms with Gasteiger partial charge in [0.05, 0.1) is 6.61 Å². The van der Waals surface area contributed by atoms with Gasteiger partial charge >= 0.3 is 0 Å². The number of para-hydroxylation sites is 1. The second kappa shape index (κ2) is 6.79. The Morgan fingerprint density at radius 3 is 2.83 bits per heavy atom. The van der Waals surface area contributed by atoms with Crippen LogP contribution in [0.25, 0.3) is 0 Å². The quantitative estimate of drug-likeness (QED) is 0.861. The molecule has 0 radical (unpaired) electrons. The van der Waals surface area contributed by atoms with E-state index in [1.807, 2.05) is 0 Å². The molecule has 0 spiro atoms. The summed E-state index contributed by atoms with van der Waals surface area (Å²) in [7, 11) is 0. The predicted octanol–water partition coefficient (Wildman–Crippen LogP) is 3.41. The summed E-state index contributed by atoms with van der Waals surface area (Å²) in [6, 6.07) is 9.08. The van der Waals surface area contributed by atoms with Crippen molar-refractivity contribution in [3.05, 3.63) is 29.8 Å². The Hall–Kier alpha value is -1.02. The van der Waals surface area contributed by atoms with E-state index < -0.39 is 0 Å². The predicted molar refractivity (Wildman–Crippen MR) is 76.1 cm³/mol. The van der Waals surface area contributed by atoms with Gasteiger partial charge in [-0.15, -0.1) is 0 Å². The van der Waals surface area contributed by atoms with E-state index >= 15 is 0 Å². The third-order valence-electron chi connectivity index (χ3n) is 3.66. The highest BCUT2D eigenvalue weighted by molar-refractivity contribution is 5.34. The van der Waals surface area contributed by atoms with Gasteiger partial charge in [-0.25, -0.2) is 0 Å². The van der Waals surface area contributed by atoms with E-state index in [0.717, 1.165) is 37.7 Å². The third kappa shape index (κ3) is 3.74. The zero-order valence-corrected chi connectivity index (χ0v) is 11.6. The van der Waals surface area contributed by atoms with Crippen LogP contribution < -0.4 is 10.1 Å².